The fourth-order valence-corrected chi connectivity index (χ4v) is 6.73. The number of nitrogens with zero attached hydrogens (tertiary/aromatic N) is 5. The molecular formula is C39H44ClN5O4. The second kappa shape index (κ2) is 17.0. The van der Waals surface area contributed by atoms with Crippen molar-refractivity contribution in [2.45, 2.75) is 64.9 Å². The van der Waals surface area contributed by atoms with Crippen LogP contribution < -0.4 is 14.2 Å². The highest BCUT2D eigenvalue weighted by molar-refractivity contribution is 6.32. The van der Waals surface area contributed by atoms with Crippen LogP contribution in [0, 0.1) is 18.3 Å². The fourth-order valence-electron chi connectivity index (χ4n) is 6.49. The Morgan fingerprint density at radius 3 is 2.57 bits per heavy atom. The van der Waals surface area contributed by atoms with Gasteiger partial charge in [0.05, 0.1) is 29.0 Å². The fraction of sp³-hybridized carbons (Fsp3) is 0.410. The molecule has 2 aliphatic heterocycles. The Morgan fingerprint density at radius 1 is 0.918 bits per heavy atom. The van der Waals surface area contributed by atoms with Crippen LogP contribution in [0.5, 0.6) is 17.4 Å². The summed E-state index contributed by atoms with van der Waals surface area (Å²) in [5.41, 5.74) is 6.26. The second-order valence-electron chi connectivity index (χ2n) is 12.9. The highest BCUT2D eigenvalue weighted by atomic mass is 35.5. The maximum atomic E-state index is 9.75. The van der Waals surface area contributed by atoms with Crippen molar-refractivity contribution in [2.75, 3.05) is 39.3 Å². The number of likely N-dealkylation sites (tertiary alicyclic amines) is 2. The van der Waals surface area contributed by atoms with Crippen LogP contribution >= 0.6 is 11.6 Å². The number of piperidine rings is 1. The third kappa shape index (κ3) is 9.49. The summed E-state index contributed by atoms with van der Waals surface area (Å²) in [6.07, 6.45) is 8.42. The number of halogens is 1. The van der Waals surface area contributed by atoms with E-state index in [-0.39, 0.29) is 12.7 Å². The summed E-state index contributed by atoms with van der Waals surface area (Å²) in [7, 11) is 0. The van der Waals surface area contributed by atoms with Gasteiger partial charge in [-0.15, -0.1) is 0 Å². The van der Waals surface area contributed by atoms with E-state index < -0.39 is 0 Å². The molecule has 2 aliphatic rings. The molecule has 0 aliphatic carbocycles. The molecule has 0 saturated carbocycles. The van der Waals surface area contributed by atoms with Crippen LogP contribution in [-0.4, -0.2) is 70.3 Å². The molecule has 49 heavy (non-hydrogen) atoms. The summed E-state index contributed by atoms with van der Waals surface area (Å²) in [5, 5.41) is 19.6. The summed E-state index contributed by atoms with van der Waals surface area (Å²) in [4.78, 5) is 13.7. The minimum absolute atomic E-state index is 0.203. The number of pyridine rings is 2. The van der Waals surface area contributed by atoms with E-state index in [0.29, 0.717) is 41.2 Å². The monoisotopic (exact) mass is 681 g/mol. The Labute approximate surface area is 294 Å². The molecule has 4 aromatic rings. The van der Waals surface area contributed by atoms with Crippen LogP contribution in [0.4, 0.5) is 0 Å². The molecule has 2 fully saturated rings. The standard InChI is InChI=1S/C39H44ClN5O4/c1-28-31(8-5-9-34(28)36-10-6-11-39(43-36)47-17-7-15-45-16-12-33(46)25-45)27-49-38-20-37(48-26-30-18-29(21-41)22-42-23-30)32(19-35(38)40)24-44-13-3-2-4-14-44/h5-6,8-11,18-20,22-23,33,46H,2-4,7,12-17,24-27H2,1H3/t33-/m1/s1. The second-order valence-corrected chi connectivity index (χ2v) is 13.3. The Bertz CT molecular complexity index is 1760. The van der Waals surface area contributed by atoms with Gasteiger partial charge in [-0.1, -0.05) is 42.3 Å². The molecule has 2 saturated heterocycles. The van der Waals surface area contributed by atoms with Gasteiger partial charge >= 0.3 is 0 Å². The number of hydrogen-bond donors (Lipinski definition) is 1. The molecule has 6 rings (SSSR count). The SMILES string of the molecule is Cc1c(COc2cc(OCc3cncc(C#N)c3)c(CN3CCCCC3)cc2Cl)cccc1-c1cccc(OCCCN2CC[C@@H](O)C2)n1. The van der Waals surface area contributed by atoms with Crippen LogP contribution in [0.2, 0.25) is 5.02 Å². The summed E-state index contributed by atoms with van der Waals surface area (Å²) in [6.45, 7) is 8.68. The van der Waals surface area contributed by atoms with Crippen molar-refractivity contribution in [3.63, 3.8) is 0 Å². The molecule has 0 amide bonds. The predicted molar refractivity (Wildman–Crippen MR) is 190 cm³/mol. The average Bonchev–Trinajstić information content (AvgIpc) is 3.55. The quantitative estimate of drug-likeness (QED) is 0.142. The number of aromatic nitrogens is 2. The number of benzene rings is 2. The lowest BCUT2D eigenvalue weighted by Crippen LogP contribution is -2.29. The first-order valence-corrected chi connectivity index (χ1v) is 17.6. The van der Waals surface area contributed by atoms with Crippen LogP contribution in [0.25, 0.3) is 11.3 Å². The minimum Gasteiger partial charge on any atom is -0.488 e. The Kier molecular flexibility index (Phi) is 12.0. The Balaban J connectivity index is 1.13. The third-order valence-corrected chi connectivity index (χ3v) is 9.52. The van der Waals surface area contributed by atoms with Gasteiger partial charge in [0.25, 0.3) is 0 Å². The number of rotatable bonds is 14. The predicted octanol–water partition coefficient (Wildman–Crippen LogP) is 6.96. The van der Waals surface area contributed by atoms with E-state index in [1.165, 1.54) is 19.3 Å². The van der Waals surface area contributed by atoms with E-state index in [4.69, 9.17) is 30.8 Å². The van der Waals surface area contributed by atoms with Gasteiger partial charge in [0.15, 0.2) is 0 Å². The topological polar surface area (TPSA) is 104 Å². The van der Waals surface area contributed by atoms with Crippen LogP contribution in [0.1, 0.15) is 59.9 Å². The molecular weight excluding hydrogens is 638 g/mol. The first kappa shape index (κ1) is 34.7. The molecule has 0 unspecified atom stereocenters. The number of ether oxygens (including phenoxy) is 3. The molecule has 10 heteroatoms. The van der Waals surface area contributed by atoms with Gasteiger partial charge in [-0.3, -0.25) is 9.88 Å². The smallest absolute Gasteiger partial charge is 0.213 e. The summed E-state index contributed by atoms with van der Waals surface area (Å²) in [5.74, 6) is 1.85. The normalized spacial score (nSPS) is 16.7. The Morgan fingerprint density at radius 2 is 1.76 bits per heavy atom. The number of hydrogen-bond acceptors (Lipinski definition) is 9. The van der Waals surface area contributed by atoms with Crippen molar-refractivity contribution in [1.82, 2.24) is 19.8 Å². The lowest BCUT2D eigenvalue weighted by molar-refractivity contribution is 0.172. The maximum absolute atomic E-state index is 9.75. The van der Waals surface area contributed by atoms with Crippen LogP contribution in [-0.2, 0) is 19.8 Å². The molecule has 2 aromatic heterocycles. The van der Waals surface area contributed by atoms with Crippen LogP contribution in [0.15, 0.2) is 67.0 Å². The summed E-state index contributed by atoms with van der Waals surface area (Å²) in [6, 6.07) is 19.8. The van der Waals surface area contributed by atoms with Crippen molar-refractivity contribution in [1.29, 1.82) is 5.26 Å². The highest BCUT2D eigenvalue weighted by Gasteiger charge is 2.20. The van der Waals surface area contributed by atoms with Crippen LogP contribution in [0.3, 0.4) is 0 Å². The molecule has 9 nitrogen and oxygen atoms in total. The number of aliphatic hydroxyl groups is 1. The lowest BCUT2D eigenvalue weighted by atomic mass is 10.00. The van der Waals surface area contributed by atoms with Gasteiger partial charge in [-0.2, -0.15) is 5.26 Å². The van der Waals surface area contributed by atoms with E-state index in [1.54, 1.807) is 18.5 Å². The molecule has 1 atom stereocenters. The molecule has 0 spiro atoms. The largest absolute Gasteiger partial charge is 0.488 e. The molecule has 256 valence electrons. The molecule has 4 heterocycles. The maximum Gasteiger partial charge on any atom is 0.213 e. The van der Waals surface area contributed by atoms with Gasteiger partial charge < -0.3 is 24.2 Å². The third-order valence-electron chi connectivity index (χ3n) is 9.22. The van der Waals surface area contributed by atoms with Gasteiger partial charge in [-0.25, -0.2) is 4.98 Å². The van der Waals surface area contributed by atoms with E-state index >= 15 is 0 Å². The first-order valence-electron chi connectivity index (χ1n) is 17.2. The van der Waals surface area contributed by atoms with Crippen molar-refractivity contribution >= 4 is 11.6 Å². The average molecular weight is 682 g/mol. The molecule has 0 radical (unpaired) electrons. The molecule has 2 aromatic carbocycles. The zero-order valence-corrected chi connectivity index (χ0v) is 28.9. The van der Waals surface area contributed by atoms with Gasteiger partial charge in [0.1, 0.15) is 30.8 Å². The van der Waals surface area contributed by atoms with Gasteiger partial charge in [0, 0.05) is 67.4 Å². The molecule has 0 bridgehead atoms. The van der Waals surface area contributed by atoms with Crippen molar-refractivity contribution < 1.29 is 19.3 Å². The highest BCUT2D eigenvalue weighted by Crippen LogP contribution is 2.36. The zero-order chi connectivity index (χ0) is 34.0. The number of nitriles is 1. The lowest BCUT2D eigenvalue weighted by Gasteiger charge is -2.27. The first-order chi connectivity index (χ1) is 23.9. The van der Waals surface area contributed by atoms with E-state index in [2.05, 4.69) is 39.9 Å². The van der Waals surface area contributed by atoms with Gasteiger partial charge in [-0.05, 0) is 75.0 Å². The number of aliphatic hydroxyl groups excluding tert-OH is 1. The zero-order valence-electron chi connectivity index (χ0n) is 28.1. The van der Waals surface area contributed by atoms with Crippen molar-refractivity contribution in [2.24, 2.45) is 0 Å². The van der Waals surface area contributed by atoms with E-state index in [1.807, 2.05) is 36.4 Å². The van der Waals surface area contributed by atoms with E-state index in [9.17, 15) is 10.4 Å². The van der Waals surface area contributed by atoms with Gasteiger partial charge in [0.2, 0.25) is 5.88 Å². The minimum atomic E-state index is -0.203. The summed E-state index contributed by atoms with van der Waals surface area (Å²) < 4.78 is 18.7. The van der Waals surface area contributed by atoms with E-state index in [0.717, 1.165) is 85.6 Å². The summed E-state index contributed by atoms with van der Waals surface area (Å²) >= 11 is 6.84. The molecule has 1 N–H and O–H groups in total. The Hall–Kier alpha value is -4.20. The van der Waals surface area contributed by atoms with Crippen molar-refractivity contribution in [3.05, 3.63) is 99.8 Å². The van der Waals surface area contributed by atoms with Crippen molar-refractivity contribution in [3.8, 4) is 34.7 Å². The number of β-amino-alcohol motifs (C(OH)–C–C–N with tert-alkyl or cyclic N) is 1.